The maximum Gasteiger partial charge on any atom is 0.323 e. The van der Waals surface area contributed by atoms with Gasteiger partial charge in [-0.05, 0) is 52.8 Å². The first-order chi connectivity index (χ1) is 9.79. The van der Waals surface area contributed by atoms with Gasteiger partial charge in [0.2, 0.25) is 0 Å². The molecule has 0 radical (unpaired) electrons. The molecule has 1 unspecified atom stereocenters. The number of ether oxygens (including phenoxy) is 1. The van der Waals surface area contributed by atoms with Crippen LogP contribution in [0.1, 0.15) is 34.1 Å². The van der Waals surface area contributed by atoms with E-state index in [1.165, 1.54) is 5.69 Å². The predicted octanol–water partition coefficient (Wildman–Crippen LogP) is 2.83. The number of anilines is 1. The Balaban J connectivity index is 2.23. The Labute approximate surface area is 128 Å². The lowest BCUT2D eigenvalue weighted by atomic mass is 10.2. The van der Waals surface area contributed by atoms with E-state index in [0.717, 1.165) is 19.5 Å². The second kappa shape index (κ2) is 8.03. The van der Waals surface area contributed by atoms with E-state index < -0.39 is 5.60 Å². The van der Waals surface area contributed by atoms with Crippen LogP contribution in [0.4, 0.5) is 5.69 Å². The van der Waals surface area contributed by atoms with Gasteiger partial charge in [0.15, 0.2) is 0 Å². The lowest BCUT2D eigenvalue weighted by Gasteiger charge is -2.23. The Morgan fingerprint density at radius 1 is 1.29 bits per heavy atom. The lowest BCUT2D eigenvalue weighted by Crippen LogP contribution is -2.40. The SMILES string of the molecule is CC(NCCCN(C)c1ccccc1)C(=O)OC(C)(C)C. The topological polar surface area (TPSA) is 41.6 Å². The molecule has 1 atom stereocenters. The minimum absolute atomic E-state index is 0.195. The average Bonchev–Trinajstić information content (AvgIpc) is 2.42. The molecule has 1 aromatic carbocycles. The highest BCUT2D eigenvalue weighted by Crippen LogP contribution is 2.11. The summed E-state index contributed by atoms with van der Waals surface area (Å²) in [5.41, 5.74) is 0.776. The molecule has 1 N–H and O–H groups in total. The third-order valence-corrected chi connectivity index (χ3v) is 3.08. The summed E-state index contributed by atoms with van der Waals surface area (Å²) in [7, 11) is 2.08. The number of rotatable bonds is 7. The molecule has 118 valence electrons. The quantitative estimate of drug-likeness (QED) is 0.620. The number of nitrogens with one attached hydrogen (secondary N) is 1. The molecule has 1 aromatic rings. The van der Waals surface area contributed by atoms with Crippen molar-refractivity contribution in [2.24, 2.45) is 0 Å². The molecule has 0 aliphatic rings. The maximum absolute atomic E-state index is 11.8. The van der Waals surface area contributed by atoms with E-state index in [1.54, 1.807) is 0 Å². The molecule has 0 aromatic heterocycles. The van der Waals surface area contributed by atoms with E-state index in [0.29, 0.717) is 0 Å². The Morgan fingerprint density at radius 2 is 1.90 bits per heavy atom. The Morgan fingerprint density at radius 3 is 2.48 bits per heavy atom. The normalized spacial score (nSPS) is 12.8. The first-order valence-corrected chi connectivity index (χ1v) is 7.52. The zero-order chi connectivity index (χ0) is 15.9. The fourth-order valence-corrected chi connectivity index (χ4v) is 1.92. The van der Waals surface area contributed by atoms with E-state index in [1.807, 2.05) is 45.9 Å². The summed E-state index contributed by atoms with van der Waals surface area (Å²) in [5, 5.41) is 3.21. The first-order valence-electron chi connectivity index (χ1n) is 7.52. The highest BCUT2D eigenvalue weighted by atomic mass is 16.6. The van der Waals surface area contributed by atoms with Crippen molar-refractivity contribution in [3.05, 3.63) is 30.3 Å². The highest BCUT2D eigenvalue weighted by Gasteiger charge is 2.20. The molecule has 0 fully saturated rings. The Hall–Kier alpha value is -1.55. The van der Waals surface area contributed by atoms with Crippen LogP contribution in [-0.2, 0) is 9.53 Å². The molecule has 4 heteroatoms. The van der Waals surface area contributed by atoms with E-state index in [4.69, 9.17) is 4.74 Å². The van der Waals surface area contributed by atoms with Gasteiger partial charge in [-0.2, -0.15) is 0 Å². The van der Waals surface area contributed by atoms with Gasteiger partial charge >= 0.3 is 5.97 Å². The third-order valence-electron chi connectivity index (χ3n) is 3.08. The van der Waals surface area contributed by atoms with Gasteiger partial charge in [0.05, 0.1) is 0 Å². The number of hydrogen-bond acceptors (Lipinski definition) is 4. The largest absolute Gasteiger partial charge is 0.459 e. The standard InChI is InChI=1S/C17H28N2O2/c1-14(16(20)21-17(2,3)4)18-12-9-13-19(5)15-10-7-6-8-11-15/h6-8,10-11,14,18H,9,12-13H2,1-5H3. The summed E-state index contributed by atoms with van der Waals surface area (Å²) in [6, 6.07) is 10.0. The van der Waals surface area contributed by atoms with Gasteiger partial charge < -0.3 is 15.0 Å². The molecular weight excluding hydrogens is 264 g/mol. The van der Waals surface area contributed by atoms with Gasteiger partial charge in [-0.1, -0.05) is 18.2 Å². The summed E-state index contributed by atoms with van der Waals surface area (Å²) in [4.78, 5) is 14.0. The number of hydrogen-bond donors (Lipinski definition) is 1. The maximum atomic E-state index is 11.8. The predicted molar refractivity (Wildman–Crippen MR) is 87.6 cm³/mol. The lowest BCUT2D eigenvalue weighted by molar-refractivity contribution is -0.156. The first kappa shape index (κ1) is 17.5. The second-order valence-corrected chi connectivity index (χ2v) is 6.32. The summed E-state index contributed by atoms with van der Waals surface area (Å²) >= 11 is 0. The molecule has 4 nitrogen and oxygen atoms in total. The smallest absolute Gasteiger partial charge is 0.323 e. The van der Waals surface area contributed by atoms with E-state index >= 15 is 0 Å². The molecule has 0 amide bonds. The number of carbonyl (C=O) groups excluding carboxylic acids is 1. The van der Waals surface area contributed by atoms with Crippen molar-refractivity contribution in [2.45, 2.75) is 45.8 Å². The van der Waals surface area contributed by atoms with Crippen molar-refractivity contribution in [3.63, 3.8) is 0 Å². The summed E-state index contributed by atoms with van der Waals surface area (Å²) < 4.78 is 5.34. The van der Waals surface area contributed by atoms with Crippen molar-refractivity contribution in [1.29, 1.82) is 0 Å². The molecule has 21 heavy (non-hydrogen) atoms. The second-order valence-electron chi connectivity index (χ2n) is 6.32. The summed E-state index contributed by atoms with van der Waals surface area (Å²) in [5.74, 6) is -0.195. The zero-order valence-corrected chi connectivity index (χ0v) is 13.8. The van der Waals surface area contributed by atoms with E-state index in [9.17, 15) is 4.79 Å². The van der Waals surface area contributed by atoms with Crippen LogP contribution >= 0.6 is 0 Å². The molecule has 0 aliphatic carbocycles. The Bertz CT molecular complexity index is 426. The fraction of sp³-hybridized carbons (Fsp3) is 0.588. The van der Waals surface area contributed by atoms with E-state index in [2.05, 4.69) is 29.4 Å². The Kier molecular flexibility index (Phi) is 6.69. The van der Waals surface area contributed by atoms with Crippen molar-refractivity contribution >= 4 is 11.7 Å². The molecule has 1 rings (SSSR count). The minimum Gasteiger partial charge on any atom is -0.459 e. The third kappa shape index (κ3) is 7.14. The number of nitrogens with zero attached hydrogens (tertiary/aromatic N) is 1. The van der Waals surface area contributed by atoms with Crippen LogP contribution in [-0.4, -0.2) is 37.7 Å². The molecule has 0 saturated carbocycles. The van der Waals surface area contributed by atoms with Crippen LogP contribution in [0.5, 0.6) is 0 Å². The highest BCUT2D eigenvalue weighted by molar-refractivity contribution is 5.75. The number of esters is 1. The number of para-hydroxylation sites is 1. The summed E-state index contributed by atoms with van der Waals surface area (Å²) in [6.45, 7) is 9.22. The molecule has 0 saturated heterocycles. The molecule has 0 bridgehead atoms. The van der Waals surface area contributed by atoms with Crippen molar-refractivity contribution < 1.29 is 9.53 Å². The van der Waals surface area contributed by atoms with Crippen LogP contribution in [0.15, 0.2) is 30.3 Å². The van der Waals surface area contributed by atoms with Gasteiger partial charge in [0.25, 0.3) is 0 Å². The number of carbonyl (C=O) groups is 1. The van der Waals surface area contributed by atoms with Crippen LogP contribution in [0, 0.1) is 0 Å². The zero-order valence-electron chi connectivity index (χ0n) is 13.8. The molecular formula is C17H28N2O2. The van der Waals surface area contributed by atoms with Gasteiger partial charge in [0.1, 0.15) is 11.6 Å². The van der Waals surface area contributed by atoms with E-state index in [-0.39, 0.29) is 12.0 Å². The van der Waals surface area contributed by atoms with Crippen LogP contribution in [0.2, 0.25) is 0 Å². The molecule has 0 spiro atoms. The van der Waals surface area contributed by atoms with Gasteiger partial charge in [-0.15, -0.1) is 0 Å². The van der Waals surface area contributed by atoms with Crippen molar-refractivity contribution in [1.82, 2.24) is 5.32 Å². The monoisotopic (exact) mass is 292 g/mol. The van der Waals surface area contributed by atoms with Crippen LogP contribution in [0.3, 0.4) is 0 Å². The van der Waals surface area contributed by atoms with Crippen molar-refractivity contribution in [2.75, 3.05) is 25.0 Å². The van der Waals surface area contributed by atoms with Crippen LogP contribution in [0.25, 0.3) is 0 Å². The van der Waals surface area contributed by atoms with Crippen molar-refractivity contribution in [3.8, 4) is 0 Å². The molecule has 0 heterocycles. The van der Waals surface area contributed by atoms with Gasteiger partial charge in [-0.3, -0.25) is 4.79 Å². The fourth-order valence-electron chi connectivity index (χ4n) is 1.92. The minimum atomic E-state index is -0.430. The summed E-state index contributed by atoms with van der Waals surface area (Å²) in [6.07, 6.45) is 0.971. The average molecular weight is 292 g/mol. The molecule has 0 aliphatic heterocycles. The number of benzene rings is 1. The van der Waals surface area contributed by atoms with Crippen LogP contribution < -0.4 is 10.2 Å². The van der Waals surface area contributed by atoms with Gasteiger partial charge in [0, 0.05) is 19.3 Å². The van der Waals surface area contributed by atoms with Gasteiger partial charge in [-0.25, -0.2) is 0 Å².